The first kappa shape index (κ1) is 26.9. The van der Waals surface area contributed by atoms with Crippen LogP contribution in [0.2, 0.25) is 0 Å². The topological polar surface area (TPSA) is 78.0 Å². The average molecular weight is 566 g/mol. The van der Waals surface area contributed by atoms with Gasteiger partial charge < -0.3 is 20.7 Å². The monoisotopic (exact) mass is 565 g/mol. The predicted octanol–water partition coefficient (Wildman–Crippen LogP) is 3.39. The van der Waals surface area contributed by atoms with Crippen LogP contribution < -0.4 is 20.7 Å². The number of rotatable bonds is 9. The molecule has 1 aliphatic rings. The summed E-state index contributed by atoms with van der Waals surface area (Å²) in [7, 11) is 3.35. The molecule has 1 saturated heterocycles. The summed E-state index contributed by atoms with van der Waals surface area (Å²) in [5.74, 6) is 1.33. The molecule has 0 aliphatic carbocycles. The van der Waals surface area contributed by atoms with Crippen LogP contribution in [0, 0.1) is 0 Å². The minimum absolute atomic E-state index is 0. The zero-order valence-electron chi connectivity index (χ0n) is 19.6. The Morgan fingerprint density at radius 3 is 2.18 bits per heavy atom. The Hall–Kier alpha value is -2.33. The second-order valence-electron chi connectivity index (χ2n) is 7.99. The highest BCUT2D eigenvalue weighted by Gasteiger charge is 2.10. The third-order valence-corrected chi connectivity index (χ3v) is 5.62. The van der Waals surface area contributed by atoms with Crippen LogP contribution in [-0.2, 0) is 13.1 Å². The third-order valence-electron chi connectivity index (χ3n) is 5.62. The van der Waals surface area contributed by atoms with Crippen molar-refractivity contribution in [2.75, 3.05) is 40.3 Å². The first-order valence-electron chi connectivity index (χ1n) is 11.3. The fourth-order valence-electron chi connectivity index (χ4n) is 3.75. The summed E-state index contributed by atoms with van der Waals surface area (Å²) in [6.45, 7) is 5.24. The normalized spacial score (nSPS) is 14.2. The number of piperidine rings is 1. The lowest BCUT2D eigenvalue weighted by molar-refractivity contribution is 0.0954. The van der Waals surface area contributed by atoms with Crippen molar-refractivity contribution in [3.05, 3.63) is 65.2 Å². The Bertz CT molecular complexity index is 865. The maximum Gasteiger partial charge on any atom is 0.251 e. The highest BCUT2D eigenvalue weighted by molar-refractivity contribution is 14.0. The molecular formula is C25H36IN5O2. The molecule has 8 heteroatoms. The van der Waals surface area contributed by atoms with Crippen molar-refractivity contribution < 1.29 is 9.53 Å². The molecule has 0 radical (unpaired) electrons. The quantitative estimate of drug-likeness (QED) is 0.188. The van der Waals surface area contributed by atoms with Crippen LogP contribution in [-0.4, -0.2) is 57.1 Å². The zero-order valence-corrected chi connectivity index (χ0v) is 21.9. The van der Waals surface area contributed by atoms with E-state index >= 15 is 0 Å². The van der Waals surface area contributed by atoms with Crippen molar-refractivity contribution in [1.82, 2.24) is 20.9 Å². The van der Waals surface area contributed by atoms with Gasteiger partial charge in [-0.1, -0.05) is 30.7 Å². The third kappa shape index (κ3) is 9.21. The lowest BCUT2D eigenvalue weighted by Crippen LogP contribution is -2.41. The van der Waals surface area contributed by atoms with Crippen LogP contribution in [0.5, 0.6) is 5.75 Å². The number of hydrogen-bond acceptors (Lipinski definition) is 4. The molecule has 0 bridgehead atoms. The first-order valence-corrected chi connectivity index (χ1v) is 11.3. The van der Waals surface area contributed by atoms with Crippen LogP contribution >= 0.6 is 24.0 Å². The van der Waals surface area contributed by atoms with Gasteiger partial charge in [0.1, 0.15) is 5.75 Å². The van der Waals surface area contributed by atoms with E-state index in [4.69, 9.17) is 4.74 Å². The Morgan fingerprint density at radius 1 is 0.909 bits per heavy atom. The molecule has 33 heavy (non-hydrogen) atoms. The second kappa shape index (κ2) is 14.7. The Balaban J connectivity index is 0.00000385. The van der Waals surface area contributed by atoms with Gasteiger partial charge in [0.2, 0.25) is 0 Å². The van der Waals surface area contributed by atoms with Gasteiger partial charge in [-0.2, -0.15) is 0 Å². The van der Waals surface area contributed by atoms with Crippen molar-refractivity contribution in [1.29, 1.82) is 0 Å². The highest BCUT2D eigenvalue weighted by atomic mass is 127. The molecule has 7 nitrogen and oxygen atoms in total. The number of carbonyl (C=O) groups is 1. The van der Waals surface area contributed by atoms with Gasteiger partial charge in [0.15, 0.2) is 5.96 Å². The van der Waals surface area contributed by atoms with Gasteiger partial charge in [0, 0.05) is 38.8 Å². The molecule has 180 valence electrons. The number of aliphatic imine (C=N–C) groups is 1. The molecule has 1 heterocycles. The number of nitrogens with one attached hydrogen (secondary N) is 3. The molecular weight excluding hydrogens is 529 g/mol. The summed E-state index contributed by atoms with van der Waals surface area (Å²) in [6, 6.07) is 15.8. The maximum absolute atomic E-state index is 12.2. The van der Waals surface area contributed by atoms with Gasteiger partial charge >= 0.3 is 0 Å². The van der Waals surface area contributed by atoms with Gasteiger partial charge in [0.25, 0.3) is 5.91 Å². The molecule has 2 aromatic rings. The smallest absolute Gasteiger partial charge is 0.251 e. The lowest BCUT2D eigenvalue weighted by Gasteiger charge is -2.26. The molecule has 1 amide bonds. The van der Waals surface area contributed by atoms with Crippen LogP contribution in [0.25, 0.3) is 0 Å². The van der Waals surface area contributed by atoms with Gasteiger partial charge in [-0.25, -0.2) is 0 Å². The van der Waals surface area contributed by atoms with E-state index in [0.717, 1.165) is 12.3 Å². The number of carbonyl (C=O) groups excluding carboxylic acids is 1. The molecule has 3 N–H and O–H groups in total. The van der Waals surface area contributed by atoms with Gasteiger partial charge in [-0.3, -0.25) is 14.7 Å². The number of nitrogens with zero attached hydrogens (tertiary/aromatic N) is 2. The molecule has 3 rings (SSSR count). The summed E-state index contributed by atoms with van der Waals surface area (Å²) in [5, 5.41) is 9.45. The van der Waals surface area contributed by atoms with E-state index in [1.165, 1.54) is 43.5 Å². The van der Waals surface area contributed by atoms with Crippen LogP contribution in [0.1, 0.15) is 40.7 Å². The van der Waals surface area contributed by atoms with E-state index in [-0.39, 0.29) is 29.9 Å². The van der Waals surface area contributed by atoms with Gasteiger partial charge in [0.05, 0.1) is 7.11 Å². The molecule has 0 aromatic heterocycles. The summed E-state index contributed by atoms with van der Waals surface area (Å²) in [5.41, 5.74) is 3.19. The van der Waals surface area contributed by atoms with Crippen molar-refractivity contribution in [3.8, 4) is 5.75 Å². The molecule has 0 spiro atoms. The average Bonchev–Trinajstić information content (AvgIpc) is 2.85. The largest absolute Gasteiger partial charge is 0.497 e. The number of benzene rings is 2. The van der Waals surface area contributed by atoms with Crippen LogP contribution in [0.4, 0.5) is 0 Å². The number of amides is 1. The van der Waals surface area contributed by atoms with Crippen molar-refractivity contribution >= 4 is 35.8 Å². The summed E-state index contributed by atoms with van der Waals surface area (Å²) >= 11 is 0. The number of likely N-dealkylation sites (tertiary alicyclic amines) is 1. The van der Waals surface area contributed by atoms with Crippen LogP contribution in [0.15, 0.2) is 53.5 Å². The molecule has 1 aliphatic heterocycles. The van der Waals surface area contributed by atoms with Gasteiger partial charge in [-0.05, 0) is 61.3 Å². The fraction of sp³-hybridized carbons (Fsp3) is 0.440. The molecule has 0 atom stereocenters. The molecule has 2 aromatic carbocycles. The highest BCUT2D eigenvalue weighted by Crippen LogP contribution is 2.14. The SMILES string of the molecule is CN=C(NCCNC(=O)c1ccc(OC)cc1)NCc1ccc(CN2CCCCC2)cc1.I. The second-order valence-corrected chi connectivity index (χ2v) is 7.99. The Kier molecular flexibility index (Phi) is 12.0. The molecule has 1 fully saturated rings. The van der Waals surface area contributed by atoms with E-state index < -0.39 is 0 Å². The lowest BCUT2D eigenvalue weighted by atomic mass is 10.1. The number of methoxy groups -OCH3 is 1. The zero-order chi connectivity index (χ0) is 22.6. The number of ether oxygens (including phenoxy) is 1. The molecule has 0 unspecified atom stereocenters. The van der Waals surface area contributed by atoms with E-state index in [1.54, 1.807) is 38.4 Å². The number of hydrogen-bond donors (Lipinski definition) is 3. The van der Waals surface area contributed by atoms with Gasteiger partial charge in [-0.15, -0.1) is 24.0 Å². The van der Waals surface area contributed by atoms with Crippen molar-refractivity contribution in [2.45, 2.75) is 32.4 Å². The van der Waals surface area contributed by atoms with Crippen LogP contribution in [0.3, 0.4) is 0 Å². The van der Waals surface area contributed by atoms with E-state index in [2.05, 4.69) is 50.1 Å². The minimum atomic E-state index is -0.109. The number of halogens is 1. The van der Waals surface area contributed by atoms with Crippen molar-refractivity contribution in [2.24, 2.45) is 4.99 Å². The van der Waals surface area contributed by atoms with Crippen molar-refractivity contribution in [3.63, 3.8) is 0 Å². The summed E-state index contributed by atoms with van der Waals surface area (Å²) in [6.07, 6.45) is 4.00. The summed E-state index contributed by atoms with van der Waals surface area (Å²) < 4.78 is 5.11. The fourth-order valence-corrected chi connectivity index (χ4v) is 3.75. The Morgan fingerprint density at radius 2 is 1.55 bits per heavy atom. The predicted molar refractivity (Wildman–Crippen MR) is 145 cm³/mol. The molecule has 0 saturated carbocycles. The minimum Gasteiger partial charge on any atom is -0.497 e. The summed E-state index contributed by atoms with van der Waals surface area (Å²) in [4.78, 5) is 19.0. The maximum atomic E-state index is 12.2. The first-order chi connectivity index (χ1) is 15.7. The number of guanidine groups is 1. The Labute approximate surface area is 214 Å². The van der Waals surface area contributed by atoms with E-state index in [0.29, 0.717) is 31.2 Å². The van der Waals surface area contributed by atoms with E-state index in [9.17, 15) is 4.79 Å². The standard InChI is InChI=1S/C25H35N5O2.HI/c1-26-25(28-15-14-27-24(31)22-10-12-23(32-2)13-11-22)29-18-20-6-8-21(9-7-20)19-30-16-4-3-5-17-30;/h6-13H,3-5,14-19H2,1-2H3,(H,27,31)(H2,26,28,29);1H. The van der Waals surface area contributed by atoms with E-state index in [1.807, 2.05) is 0 Å².